The topological polar surface area (TPSA) is 51.2 Å². The van der Waals surface area contributed by atoms with Crippen LogP contribution in [0.4, 0.5) is 0 Å². The first-order chi connectivity index (χ1) is 10.4. The second-order valence-corrected chi connectivity index (χ2v) is 5.89. The molecule has 3 N–H and O–H groups in total. The molecule has 0 aliphatic heterocycles. The number of hydrogen-bond acceptors (Lipinski definition) is 4. The van der Waals surface area contributed by atoms with Crippen LogP contribution in [0.2, 0.25) is 0 Å². The summed E-state index contributed by atoms with van der Waals surface area (Å²) in [6.45, 7) is 0. The summed E-state index contributed by atoms with van der Waals surface area (Å²) in [4.78, 5) is 0. The average Bonchev–Trinajstić information content (AvgIpc) is 3.15. The van der Waals surface area contributed by atoms with E-state index < -0.39 is 0 Å². The van der Waals surface area contributed by atoms with E-state index in [-0.39, 0.29) is 6.04 Å². The Morgan fingerprint density at radius 2 is 1.90 bits per heavy atom. The lowest BCUT2D eigenvalue weighted by Crippen LogP contribution is -2.28. The third kappa shape index (κ3) is 1.96. The van der Waals surface area contributed by atoms with E-state index in [0.29, 0.717) is 0 Å². The molecule has 2 heterocycles. The van der Waals surface area contributed by atoms with Crippen LogP contribution in [0, 0.1) is 0 Å². The lowest BCUT2D eigenvalue weighted by Gasteiger charge is -2.16. The van der Waals surface area contributed by atoms with Gasteiger partial charge in [0.2, 0.25) is 0 Å². The quantitative estimate of drug-likeness (QED) is 0.440. The SMILES string of the molecule is NNC(c1coc2ccccc12)c1cccc2ccsc12. The summed E-state index contributed by atoms with van der Waals surface area (Å²) in [5.41, 5.74) is 6.06. The normalized spacial score (nSPS) is 13.0. The van der Waals surface area contributed by atoms with Crippen LogP contribution in [-0.2, 0) is 0 Å². The van der Waals surface area contributed by atoms with Crippen molar-refractivity contribution < 1.29 is 4.42 Å². The van der Waals surface area contributed by atoms with Gasteiger partial charge in [-0.05, 0) is 28.5 Å². The summed E-state index contributed by atoms with van der Waals surface area (Å²) in [5.74, 6) is 5.86. The highest BCUT2D eigenvalue weighted by Gasteiger charge is 2.20. The van der Waals surface area contributed by atoms with Crippen molar-refractivity contribution in [3.8, 4) is 0 Å². The van der Waals surface area contributed by atoms with Crippen molar-refractivity contribution in [2.75, 3.05) is 0 Å². The first-order valence-electron chi connectivity index (χ1n) is 6.77. The molecule has 2 aromatic heterocycles. The molecule has 21 heavy (non-hydrogen) atoms. The fraction of sp³-hybridized carbons (Fsp3) is 0.0588. The summed E-state index contributed by atoms with van der Waals surface area (Å²) < 4.78 is 6.91. The molecule has 0 spiro atoms. The molecule has 0 aliphatic carbocycles. The Bertz CT molecular complexity index is 909. The Kier molecular flexibility index (Phi) is 3.00. The number of hydrazine groups is 1. The molecule has 4 rings (SSSR count). The Labute approximate surface area is 126 Å². The minimum Gasteiger partial charge on any atom is -0.464 e. The predicted molar refractivity (Wildman–Crippen MR) is 87.2 cm³/mol. The van der Waals surface area contributed by atoms with Crippen molar-refractivity contribution in [1.82, 2.24) is 5.43 Å². The van der Waals surface area contributed by atoms with Gasteiger partial charge in [-0.1, -0.05) is 36.4 Å². The Morgan fingerprint density at radius 3 is 2.81 bits per heavy atom. The fourth-order valence-electron chi connectivity index (χ4n) is 2.81. The summed E-state index contributed by atoms with van der Waals surface area (Å²) in [7, 11) is 0. The van der Waals surface area contributed by atoms with Crippen LogP contribution in [0.3, 0.4) is 0 Å². The van der Waals surface area contributed by atoms with Crippen molar-refractivity contribution in [2.45, 2.75) is 6.04 Å². The molecule has 4 aromatic rings. The van der Waals surface area contributed by atoms with Gasteiger partial charge in [0.05, 0.1) is 12.3 Å². The van der Waals surface area contributed by atoms with Crippen LogP contribution in [0.15, 0.2) is 64.6 Å². The van der Waals surface area contributed by atoms with Crippen LogP contribution >= 0.6 is 11.3 Å². The van der Waals surface area contributed by atoms with Crippen molar-refractivity contribution in [2.24, 2.45) is 5.84 Å². The standard InChI is InChI=1S/C17H14N2OS/c18-19-16(13-6-3-4-11-8-9-21-17(11)13)14-10-20-15-7-2-1-5-12(14)15/h1-10,16,19H,18H2. The molecule has 2 aromatic carbocycles. The Balaban J connectivity index is 1.94. The van der Waals surface area contributed by atoms with Crippen LogP contribution in [0.25, 0.3) is 21.1 Å². The molecule has 0 saturated heterocycles. The number of fused-ring (bicyclic) bond motifs is 2. The van der Waals surface area contributed by atoms with Gasteiger partial charge < -0.3 is 4.42 Å². The first kappa shape index (κ1) is 12.6. The van der Waals surface area contributed by atoms with E-state index in [9.17, 15) is 0 Å². The number of benzene rings is 2. The highest BCUT2D eigenvalue weighted by Crippen LogP contribution is 2.35. The third-order valence-corrected chi connectivity index (χ3v) is 4.79. The molecule has 1 atom stereocenters. The molecule has 1 unspecified atom stereocenters. The number of furan rings is 1. The van der Waals surface area contributed by atoms with Gasteiger partial charge in [0, 0.05) is 15.6 Å². The van der Waals surface area contributed by atoms with Gasteiger partial charge in [-0.2, -0.15) is 0 Å². The second-order valence-electron chi connectivity index (χ2n) is 4.97. The predicted octanol–water partition coefficient (Wildman–Crippen LogP) is 4.20. The molecule has 4 heteroatoms. The van der Waals surface area contributed by atoms with E-state index in [1.807, 2.05) is 18.2 Å². The van der Waals surface area contributed by atoms with Crippen LogP contribution in [0.5, 0.6) is 0 Å². The monoisotopic (exact) mass is 294 g/mol. The zero-order chi connectivity index (χ0) is 14.2. The van der Waals surface area contributed by atoms with E-state index in [0.717, 1.165) is 16.5 Å². The van der Waals surface area contributed by atoms with Crippen molar-refractivity contribution in [3.05, 3.63) is 71.3 Å². The van der Waals surface area contributed by atoms with Crippen molar-refractivity contribution >= 4 is 32.4 Å². The number of hydrogen-bond donors (Lipinski definition) is 2. The number of nitrogens with one attached hydrogen (secondary N) is 1. The van der Waals surface area contributed by atoms with E-state index in [1.54, 1.807) is 17.6 Å². The molecule has 0 radical (unpaired) electrons. The van der Waals surface area contributed by atoms with E-state index >= 15 is 0 Å². The van der Waals surface area contributed by atoms with Gasteiger partial charge in [0.1, 0.15) is 5.58 Å². The van der Waals surface area contributed by atoms with Crippen LogP contribution in [-0.4, -0.2) is 0 Å². The smallest absolute Gasteiger partial charge is 0.134 e. The largest absolute Gasteiger partial charge is 0.464 e. The summed E-state index contributed by atoms with van der Waals surface area (Å²) >= 11 is 1.73. The fourth-order valence-corrected chi connectivity index (χ4v) is 3.76. The molecule has 3 nitrogen and oxygen atoms in total. The van der Waals surface area contributed by atoms with Gasteiger partial charge in [-0.25, -0.2) is 5.43 Å². The minimum absolute atomic E-state index is 0.0870. The Morgan fingerprint density at radius 1 is 1.00 bits per heavy atom. The zero-order valence-electron chi connectivity index (χ0n) is 11.2. The van der Waals surface area contributed by atoms with E-state index in [4.69, 9.17) is 10.3 Å². The van der Waals surface area contributed by atoms with Gasteiger partial charge in [-0.3, -0.25) is 5.84 Å². The van der Waals surface area contributed by atoms with E-state index in [1.165, 1.54) is 15.6 Å². The minimum atomic E-state index is -0.0870. The number of para-hydroxylation sites is 1. The third-order valence-electron chi connectivity index (χ3n) is 3.81. The zero-order valence-corrected chi connectivity index (χ0v) is 12.1. The summed E-state index contributed by atoms with van der Waals surface area (Å²) in [6.07, 6.45) is 1.79. The van der Waals surface area contributed by atoms with E-state index in [2.05, 4.69) is 41.1 Å². The molecular formula is C17H14N2OS. The highest BCUT2D eigenvalue weighted by atomic mass is 32.1. The summed E-state index contributed by atoms with van der Waals surface area (Å²) in [6, 6.07) is 16.4. The maximum absolute atomic E-state index is 5.86. The molecular weight excluding hydrogens is 280 g/mol. The number of thiophene rings is 1. The molecule has 0 amide bonds. The van der Waals surface area contributed by atoms with Gasteiger partial charge in [0.15, 0.2) is 0 Å². The molecule has 0 saturated carbocycles. The van der Waals surface area contributed by atoms with Gasteiger partial charge in [-0.15, -0.1) is 11.3 Å². The highest BCUT2D eigenvalue weighted by molar-refractivity contribution is 7.17. The second kappa shape index (κ2) is 5.00. The Hall–Kier alpha value is -2.14. The summed E-state index contributed by atoms with van der Waals surface area (Å²) in [5, 5.41) is 4.44. The molecule has 104 valence electrons. The van der Waals surface area contributed by atoms with Gasteiger partial charge >= 0.3 is 0 Å². The van der Waals surface area contributed by atoms with Crippen LogP contribution < -0.4 is 11.3 Å². The number of rotatable bonds is 3. The maximum atomic E-state index is 5.86. The van der Waals surface area contributed by atoms with Crippen molar-refractivity contribution in [1.29, 1.82) is 0 Å². The lowest BCUT2D eigenvalue weighted by molar-refractivity contribution is 0.587. The number of nitrogens with two attached hydrogens (primary N) is 1. The molecule has 0 fully saturated rings. The maximum Gasteiger partial charge on any atom is 0.134 e. The average molecular weight is 294 g/mol. The molecule has 0 bridgehead atoms. The van der Waals surface area contributed by atoms with Crippen molar-refractivity contribution in [3.63, 3.8) is 0 Å². The van der Waals surface area contributed by atoms with Gasteiger partial charge in [0.25, 0.3) is 0 Å². The first-order valence-corrected chi connectivity index (χ1v) is 7.65. The lowest BCUT2D eigenvalue weighted by atomic mass is 9.98. The molecule has 0 aliphatic rings. The van der Waals surface area contributed by atoms with Crippen LogP contribution in [0.1, 0.15) is 17.2 Å².